The van der Waals surface area contributed by atoms with E-state index in [9.17, 15) is 35.4 Å². The summed E-state index contributed by atoms with van der Waals surface area (Å²) in [4.78, 5) is 12.8. The van der Waals surface area contributed by atoms with Crippen molar-refractivity contribution in [2.75, 3.05) is 34.0 Å². The summed E-state index contributed by atoms with van der Waals surface area (Å²) in [6.45, 7) is -0.877. The molecule has 0 bridgehead atoms. The van der Waals surface area contributed by atoms with E-state index >= 15 is 0 Å². The number of rotatable bonds is 9. The fourth-order valence-corrected chi connectivity index (χ4v) is 4.96. The number of aliphatic hydroxyl groups excluding tert-OH is 4. The van der Waals surface area contributed by atoms with Gasteiger partial charge in [-0.2, -0.15) is 0 Å². The highest BCUT2D eigenvalue weighted by Gasteiger charge is 2.47. The number of aromatic hydroxyl groups is 2. The molecule has 0 spiro atoms. The van der Waals surface area contributed by atoms with Crippen LogP contribution in [0.4, 0.5) is 0 Å². The van der Waals surface area contributed by atoms with Gasteiger partial charge < -0.3 is 54.3 Å². The smallest absolute Gasteiger partial charge is 0.311 e. The number of phenolic OH excluding ortho intramolecular Hbond substituents is 2. The first-order chi connectivity index (χ1) is 18.2. The van der Waals surface area contributed by atoms with Gasteiger partial charge in [-0.3, -0.25) is 4.79 Å². The van der Waals surface area contributed by atoms with Crippen molar-refractivity contribution >= 4 is 5.97 Å². The van der Waals surface area contributed by atoms with E-state index in [-0.39, 0.29) is 36.2 Å². The summed E-state index contributed by atoms with van der Waals surface area (Å²) in [5, 5.41) is 60.1. The topological polar surface area (TPSA) is 185 Å². The second-order valence-corrected chi connectivity index (χ2v) is 9.27. The molecule has 12 nitrogen and oxygen atoms in total. The standard InChI is InChI=1S/C26H32O12/c1-34-18-7-12(3-5-16(18)28)21(13-4-6-17(29)19(8-13)35-2)14-10-36-25(33)15(14)11-37-26-24(32)23(31)22(30)20(9-27)38-26/h3-8,14-15,20-24,26-32H,9-11H2,1-2H3. The number of carbonyl (C=O) groups excluding carboxylic acids is 1. The number of carbonyl (C=O) groups is 1. The molecule has 7 unspecified atom stereocenters. The van der Waals surface area contributed by atoms with Crippen LogP contribution in [-0.4, -0.2) is 101 Å². The van der Waals surface area contributed by atoms with Crippen molar-refractivity contribution < 1.29 is 59.1 Å². The number of phenols is 2. The highest BCUT2D eigenvalue weighted by Crippen LogP contribution is 2.44. The Balaban J connectivity index is 1.66. The Morgan fingerprint density at radius 1 is 0.921 bits per heavy atom. The number of cyclic esters (lactones) is 1. The van der Waals surface area contributed by atoms with E-state index in [0.29, 0.717) is 11.1 Å². The molecule has 0 amide bonds. The largest absolute Gasteiger partial charge is 0.504 e. The molecule has 2 fully saturated rings. The Kier molecular flexibility index (Phi) is 8.61. The second-order valence-electron chi connectivity index (χ2n) is 9.27. The molecular weight excluding hydrogens is 504 g/mol. The molecule has 4 rings (SSSR count). The maximum atomic E-state index is 12.8. The van der Waals surface area contributed by atoms with E-state index in [1.54, 1.807) is 24.3 Å². The Morgan fingerprint density at radius 2 is 1.50 bits per heavy atom. The van der Waals surface area contributed by atoms with Crippen LogP contribution in [0.1, 0.15) is 17.0 Å². The van der Waals surface area contributed by atoms with Gasteiger partial charge in [-0.25, -0.2) is 0 Å². The molecule has 2 aromatic carbocycles. The highest BCUT2D eigenvalue weighted by molar-refractivity contribution is 5.75. The van der Waals surface area contributed by atoms with Crippen LogP contribution in [0.3, 0.4) is 0 Å². The van der Waals surface area contributed by atoms with Crippen molar-refractivity contribution in [1.82, 2.24) is 0 Å². The lowest BCUT2D eigenvalue weighted by molar-refractivity contribution is -0.303. The fourth-order valence-electron chi connectivity index (χ4n) is 4.96. The lowest BCUT2D eigenvalue weighted by atomic mass is 9.75. The first-order valence-corrected chi connectivity index (χ1v) is 12.0. The molecule has 2 saturated heterocycles. The van der Waals surface area contributed by atoms with Gasteiger partial charge in [0.1, 0.15) is 24.4 Å². The minimum absolute atomic E-state index is 0.0125. The zero-order valence-corrected chi connectivity index (χ0v) is 20.8. The van der Waals surface area contributed by atoms with Crippen molar-refractivity contribution in [3.05, 3.63) is 47.5 Å². The van der Waals surface area contributed by atoms with Gasteiger partial charge in [-0.1, -0.05) is 12.1 Å². The van der Waals surface area contributed by atoms with Crippen LogP contribution in [0.5, 0.6) is 23.0 Å². The lowest BCUT2D eigenvalue weighted by Gasteiger charge is -2.40. The maximum Gasteiger partial charge on any atom is 0.311 e. The Bertz CT molecular complexity index is 1070. The molecule has 2 heterocycles. The number of esters is 1. The summed E-state index contributed by atoms with van der Waals surface area (Å²) >= 11 is 0. The molecule has 0 saturated carbocycles. The molecule has 2 aromatic rings. The number of hydrogen-bond donors (Lipinski definition) is 6. The van der Waals surface area contributed by atoms with Crippen LogP contribution < -0.4 is 9.47 Å². The zero-order valence-electron chi connectivity index (χ0n) is 20.8. The van der Waals surface area contributed by atoms with Gasteiger partial charge in [0.2, 0.25) is 0 Å². The number of methoxy groups -OCH3 is 2. The molecule has 7 atom stereocenters. The summed E-state index contributed by atoms with van der Waals surface area (Å²) in [5.74, 6) is -2.15. The molecule has 12 heteroatoms. The Hall–Kier alpha value is -3.13. The lowest BCUT2D eigenvalue weighted by Crippen LogP contribution is -2.59. The number of aliphatic hydroxyl groups is 4. The van der Waals surface area contributed by atoms with E-state index in [1.807, 2.05) is 0 Å². The van der Waals surface area contributed by atoms with E-state index in [0.717, 1.165) is 0 Å². The monoisotopic (exact) mass is 536 g/mol. The molecule has 208 valence electrons. The van der Waals surface area contributed by atoms with Crippen LogP contribution in [0.15, 0.2) is 36.4 Å². The van der Waals surface area contributed by atoms with Gasteiger partial charge in [0, 0.05) is 11.8 Å². The number of benzene rings is 2. The van der Waals surface area contributed by atoms with Crippen LogP contribution in [0.25, 0.3) is 0 Å². The Labute approximate surface area is 218 Å². The quantitative estimate of drug-likeness (QED) is 0.233. The number of ether oxygens (including phenoxy) is 5. The first-order valence-electron chi connectivity index (χ1n) is 12.0. The number of hydrogen-bond acceptors (Lipinski definition) is 12. The third kappa shape index (κ3) is 5.37. The van der Waals surface area contributed by atoms with Gasteiger partial charge in [-0.05, 0) is 35.4 Å². The van der Waals surface area contributed by atoms with E-state index in [2.05, 4.69) is 0 Å². The summed E-state index contributed by atoms with van der Waals surface area (Å²) in [5.41, 5.74) is 1.35. The predicted octanol–water partition coefficient (Wildman–Crippen LogP) is -0.147. The zero-order chi connectivity index (χ0) is 27.6. The van der Waals surface area contributed by atoms with Crippen LogP contribution >= 0.6 is 0 Å². The third-order valence-electron chi connectivity index (χ3n) is 7.08. The first kappa shape index (κ1) is 27.9. The highest BCUT2D eigenvalue weighted by atomic mass is 16.7. The molecular formula is C26H32O12. The average Bonchev–Trinajstić information content (AvgIpc) is 3.28. The van der Waals surface area contributed by atoms with E-state index < -0.39 is 61.0 Å². The van der Waals surface area contributed by atoms with Crippen LogP contribution in [-0.2, 0) is 19.0 Å². The second kappa shape index (κ2) is 11.7. The normalized spacial score (nSPS) is 29.3. The van der Waals surface area contributed by atoms with Crippen LogP contribution in [0.2, 0.25) is 0 Å². The van der Waals surface area contributed by atoms with Crippen molar-refractivity contribution in [2.24, 2.45) is 11.8 Å². The molecule has 0 radical (unpaired) electrons. The fraction of sp³-hybridized carbons (Fsp3) is 0.500. The minimum atomic E-state index is -1.63. The molecule has 0 aliphatic carbocycles. The summed E-state index contributed by atoms with van der Waals surface area (Å²) in [6, 6.07) is 9.57. The van der Waals surface area contributed by atoms with Crippen molar-refractivity contribution in [2.45, 2.75) is 36.6 Å². The van der Waals surface area contributed by atoms with Gasteiger partial charge >= 0.3 is 5.97 Å². The van der Waals surface area contributed by atoms with Crippen LogP contribution in [0, 0.1) is 11.8 Å². The molecule has 2 aliphatic rings. The summed E-state index contributed by atoms with van der Waals surface area (Å²) in [6.07, 6.45) is -7.37. The summed E-state index contributed by atoms with van der Waals surface area (Å²) < 4.78 is 27.1. The Morgan fingerprint density at radius 3 is 2.03 bits per heavy atom. The van der Waals surface area contributed by atoms with Gasteiger partial charge in [0.05, 0.1) is 40.0 Å². The molecule has 6 N–H and O–H groups in total. The SMILES string of the molecule is COc1cc(C(c2ccc(O)c(OC)c2)C2COC(=O)C2COC2OC(CO)C(O)C(O)C2O)ccc1O. The van der Waals surface area contributed by atoms with Gasteiger partial charge in [0.25, 0.3) is 0 Å². The van der Waals surface area contributed by atoms with Gasteiger partial charge in [-0.15, -0.1) is 0 Å². The molecule has 0 aromatic heterocycles. The van der Waals surface area contributed by atoms with Crippen molar-refractivity contribution in [3.8, 4) is 23.0 Å². The van der Waals surface area contributed by atoms with E-state index in [1.165, 1.54) is 26.4 Å². The third-order valence-corrected chi connectivity index (χ3v) is 7.08. The molecule has 38 heavy (non-hydrogen) atoms. The predicted molar refractivity (Wildman–Crippen MR) is 129 cm³/mol. The van der Waals surface area contributed by atoms with Crippen molar-refractivity contribution in [3.63, 3.8) is 0 Å². The minimum Gasteiger partial charge on any atom is -0.504 e. The summed E-state index contributed by atoms with van der Waals surface area (Å²) in [7, 11) is 2.83. The molecule has 2 aliphatic heterocycles. The van der Waals surface area contributed by atoms with E-state index in [4.69, 9.17) is 23.7 Å². The average molecular weight is 537 g/mol. The van der Waals surface area contributed by atoms with Crippen molar-refractivity contribution in [1.29, 1.82) is 0 Å². The maximum absolute atomic E-state index is 12.8. The van der Waals surface area contributed by atoms with Gasteiger partial charge in [0.15, 0.2) is 29.3 Å².